The molecule has 8 nitrogen and oxygen atoms in total. The molecule has 10 heteroatoms. The number of aromatic nitrogens is 1. The molecule has 0 radical (unpaired) electrons. The Labute approximate surface area is 202 Å². The van der Waals surface area contributed by atoms with Crippen LogP contribution < -0.4 is 14.5 Å². The Kier molecular flexibility index (Phi) is 6.01. The van der Waals surface area contributed by atoms with Crippen molar-refractivity contribution in [1.29, 1.82) is 0 Å². The number of amides is 2. The molecule has 0 saturated carbocycles. The van der Waals surface area contributed by atoms with E-state index in [-0.39, 0.29) is 29.9 Å². The number of aromatic amines is 1. The highest BCUT2D eigenvalue weighted by Crippen LogP contribution is 2.53. The lowest BCUT2D eigenvalue weighted by Gasteiger charge is -2.29. The molecule has 174 valence electrons. The van der Waals surface area contributed by atoms with Crippen LogP contribution in [-0.2, 0) is 19.1 Å². The molecular weight excluding hydrogens is 476 g/mol. The van der Waals surface area contributed by atoms with Gasteiger partial charge >= 0.3 is 10.8 Å². The molecular formula is C24H20N2O6S2. The maximum Gasteiger partial charge on any atom is 0.344 e. The molecule has 2 aromatic carbocycles. The van der Waals surface area contributed by atoms with Crippen LogP contribution in [-0.4, -0.2) is 41.2 Å². The van der Waals surface area contributed by atoms with Gasteiger partial charge in [0.05, 0.1) is 23.2 Å². The van der Waals surface area contributed by atoms with Crippen LogP contribution >= 0.6 is 23.1 Å². The Morgan fingerprint density at radius 1 is 1.03 bits per heavy atom. The summed E-state index contributed by atoms with van der Waals surface area (Å²) in [7, 11) is 0. The van der Waals surface area contributed by atoms with Gasteiger partial charge in [0.25, 0.3) is 0 Å². The van der Waals surface area contributed by atoms with E-state index < -0.39 is 23.1 Å². The number of benzene rings is 2. The molecule has 3 heterocycles. The zero-order chi connectivity index (χ0) is 23.8. The zero-order valence-corrected chi connectivity index (χ0v) is 19.7. The molecule has 2 aliphatic rings. The van der Waals surface area contributed by atoms with E-state index in [9.17, 15) is 19.2 Å². The van der Waals surface area contributed by atoms with Gasteiger partial charge in [0, 0.05) is 10.8 Å². The smallest absolute Gasteiger partial charge is 0.344 e. The lowest BCUT2D eigenvalue weighted by Crippen LogP contribution is -2.32. The Balaban J connectivity index is 1.49. The number of ether oxygens (including phenoxy) is 2. The van der Waals surface area contributed by atoms with E-state index in [1.165, 1.54) is 16.7 Å². The third kappa shape index (κ3) is 3.92. The monoisotopic (exact) mass is 496 g/mol. The van der Waals surface area contributed by atoms with E-state index in [1.807, 2.05) is 6.07 Å². The van der Waals surface area contributed by atoms with Gasteiger partial charge < -0.3 is 14.5 Å². The Morgan fingerprint density at radius 3 is 2.47 bits per heavy atom. The van der Waals surface area contributed by atoms with Crippen molar-refractivity contribution in [1.82, 2.24) is 4.98 Å². The number of thiazole rings is 1. The minimum Gasteiger partial charge on any atom is -0.482 e. The summed E-state index contributed by atoms with van der Waals surface area (Å²) in [6.07, 6.45) is 0. The van der Waals surface area contributed by atoms with Gasteiger partial charge in [-0.05, 0) is 36.8 Å². The molecule has 2 aliphatic heterocycles. The fourth-order valence-electron chi connectivity index (χ4n) is 4.32. The average Bonchev–Trinajstić information content (AvgIpc) is 3.33. The molecule has 1 saturated heterocycles. The topological polar surface area (TPSA) is 106 Å². The fourth-order valence-corrected chi connectivity index (χ4v) is 6.84. The van der Waals surface area contributed by atoms with E-state index in [4.69, 9.17) is 9.47 Å². The SMILES string of the molecule is CCOC(=O)COc1ccc(C2c3sc(=O)[nH]c3SC3C(=O)N(c4ccccc4)C(=O)C32)cc1. The number of nitrogens with one attached hydrogen (secondary N) is 1. The van der Waals surface area contributed by atoms with Gasteiger partial charge in [0.15, 0.2) is 6.61 Å². The number of hydrogen-bond acceptors (Lipinski definition) is 8. The van der Waals surface area contributed by atoms with E-state index >= 15 is 0 Å². The van der Waals surface area contributed by atoms with Crippen LogP contribution in [0.2, 0.25) is 0 Å². The standard InChI is InChI=1S/C24H20N2O6S2/c1-2-31-16(27)12-32-15-10-8-13(9-11-15)17-18-20(33-21-19(17)34-24(30)25-21)23(29)26(22(18)28)14-6-4-3-5-7-14/h3-11,17-18,20H,2,12H2,1H3,(H,25,30). The number of para-hydroxylation sites is 1. The predicted octanol–water partition coefficient (Wildman–Crippen LogP) is 3.17. The minimum atomic E-state index is -0.650. The lowest BCUT2D eigenvalue weighted by molar-refractivity contribution is -0.145. The third-order valence-corrected chi connectivity index (χ3v) is 8.14. The van der Waals surface area contributed by atoms with Gasteiger partial charge in [-0.15, -0.1) is 0 Å². The highest BCUT2D eigenvalue weighted by Gasteiger charge is 2.56. The van der Waals surface area contributed by atoms with Crippen molar-refractivity contribution in [2.75, 3.05) is 18.1 Å². The summed E-state index contributed by atoms with van der Waals surface area (Å²) in [6, 6.07) is 15.9. The van der Waals surface area contributed by atoms with Crippen LogP contribution in [0, 0.1) is 5.92 Å². The highest BCUT2D eigenvalue weighted by molar-refractivity contribution is 8.00. The van der Waals surface area contributed by atoms with Crippen LogP contribution in [0.1, 0.15) is 23.3 Å². The number of hydrogen-bond donors (Lipinski definition) is 1. The van der Waals surface area contributed by atoms with Crippen molar-refractivity contribution >= 4 is 46.6 Å². The van der Waals surface area contributed by atoms with Crippen LogP contribution in [0.3, 0.4) is 0 Å². The molecule has 1 fully saturated rings. The van der Waals surface area contributed by atoms with Crippen molar-refractivity contribution in [3.8, 4) is 5.75 Å². The molecule has 3 atom stereocenters. The Morgan fingerprint density at radius 2 is 1.76 bits per heavy atom. The largest absolute Gasteiger partial charge is 0.482 e. The quantitative estimate of drug-likeness (QED) is 0.413. The summed E-state index contributed by atoms with van der Waals surface area (Å²) in [4.78, 5) is 55.2. The Hall–Kier alpha value is -3.37. The highest BCUT2D eigenvalue weighted by atomic mass is 32.2. The van der Waals surface area contributed by atoms with Gasteiger partial charge in [-0.1, -0.05) is 53.4 Å². The van der Waals surface area contributed by atoms with Crippen molar-refractivity contribution in [3.63, 3.8) is 0 Å². The lowest BCUT2D eigenvalue weighted by atomic mass is 9.83. The first-order valence-electron chi connectivity index (χ1n) is 10.7. The van der Waals surface area contributed by atoms with Crippen LogP contribution in [0.4, 0.5) is 5.69 Å². The van der Waals surface area contributed by atoms with E-state index in [2.05, 4.69) is 4.98 Å². The number of rotatable bonds is 6. The molecule has 3 aromatic rings. The second-order valence-electron chi connectivity index (χ2n) is 7.76. The Bertz CT molecular complexity index is 1300. The first-order valence-corrected chi connectivity index (χ1v) is 12.4. The zero-order valence-electron chi connectivity index (χ0n) is 18.1. The molecule has 0 spiro atoms. The molecule has 5 rings (SSSR count). The van der Waals surface area contributed by atoms with Gasteiger partial charge in [0.1, 0.15) is 11.0 Å². The number of carbonyl (C=O) groups excluding carboxylic acids is 3. The van der Waals surface area contributed by atoms with Crippen molar-refractivity contribution in [2.24, 2.45) is 5.92 Å². The van der Waals surface area contributed by atoms with Gasteiger partial charge in [-0.3, -0.25) is 14.4 Å². The van der Waals surface area contributed by atoms with Crippen LogP contribution in [0.5, 0.6) is 5.75 Å². The second kappa shape index (κ2) is 9.11. The van der Waals surface area contributed by atoms with Crippen LogP contribution in [0.15, 0.2) is 64.4 Å². The molecule has 3 unspecified atom stereocenters. The second-order valence-corrected chi connectivity index (χ2v) is 9.93. The number of nitrogens with zero attached hydrogens (tertiary/aromatic N) is 1. The molecule has 34 heavy (non-hydrogen) atoms. The summed E-state index contributed by atoms with van der Waals surface area (Å²) in [5.41, 5.74) is 1.32. The first kappa shape index (κ1) is 22.4. The molecule has 0 aliphatic carbocycles. The van der Waals surface area contributed by atoms with E-state index in [0.717, 1.165) is 21.8 Å². The third-order valence-electron chi connectivity index (χ3n) is 5.74. The van der Waals surface area contributed by atoms with Crippen LogP contribution in [0.25, 0.3) is 0 Å². The maximum absolute atomic E-state index is 13.6. The first-order chi connectivity index (χ1) is 16.5. The van der Waals surface area contributed by atoms with Crippen molar-refractivity contribution < 1.29 is 23.9 Å². The number of thioether (sulfide) groups is 1. The number of carbonyl (C=O) groups is 3. The van der Waals surface area contributed by atoms with E-state index in [0.29, 0.717) is 16.5 Å². The molecule has 2 amide bonds. The normalized spacial score (nSPS) is 21.2. The molecule has 1 N–H and O–H groups in total. The summed E-state index contributed by atoms with van der Waals surface area (Å²) in [5.74, 6) is -1.68. The maximum atomic E-state index is 13.6. The molecule has 0 bridgehead atoms. The van der Waals surface area contributed by atoms with Crippen molar-refractivity contribution in [3.05, 3.63) is 74.7 Å². The summed E-state index contributed by atoms with van der Waals surface area (Å²) in [6.45, 7) is 1.79. The number of fused-ring (bicyclic) bond motifs is 2. The molecule has 1 aromatic heterocycles. The van der Waals surface area contributed by atoms with Gasteiger partial charge in [-0.2, -0.15) is 0 Å². The number of imide groups is 1. The van der Waals surface area contributed by atoms with Gasteiger partial charge in [-0.25, -0.2) is 9.69 Å². The number of H-pyrrole nitrogens is 1. The van der Waals surface area contributed by atoms with Crippen molar-refractivity contribution in [2.45, 2.75) is 23.1 Å². The van der Waals surface area contributed by atoms with Gasteiger partial charge in [0.2, 0.25) is 11.8 Å². The summed E-state index contributed by atoms with van der Waals surface area (Å²) in [5, 5.41) is -0.0184. The summed E-state index contributed by atoms with van der Waals surface area (Å²) < 4.78 is 10.3. The van der Waals surface area contributed by atoms with E-state index in [1.54, 1.807) is 55.5 Å². The number of anilines is 1. The summed E-state index contributed by atoms with van der Waals surface area (Å²) >= 11 is 2.30. The minimum absolute atomic E-state index is 0.208. The average molecular weight is 497 g/mol. The predicted molar refractivity (Wildman–Crippen MR) is 127 cm³/mol. The fraction of sp³-hybridized carbons (Fsp3) is 0.250. The number of esters is 1.